The Bertz CT molecular complexity index is 1140. The molecule has 0 heterocycles. The fraction of sp³-hybridized carbons (Fsp3) is 0.125. The zero-order valence-electron chi connectivity index (χ0n) is 14.5. The number of esters is 2. The van der Waals surface area contributed by atoms with Gasteiger partial charge in [0, 0.05) is 3.57 Å². The maximum atomic E-state index is 13.9. The third-order valence-electron chi connectivity index (χ3n) is 3.37. The maximum Gasteiger partial charge on any atom is 0.311 e. The first-order chi connectivity index (χ1) is 14.2. The van der Waals surface area contributed by atoms with Crippen LogP contribution in [0.2, 0.25) is 0 Å². The molecule has 15 heteroatoms. The summed E-state index contributed by atoms with van der Waals surface area (Å²) in [6.45, 7) is 0. The van der Waals surface area contributed by atoms with Crippen LogP contribution < -0.4 is 9.47 Å². The van der Waals surface area contributed by atoms with Crippen LogP contribution in [0.3, 0.4) is 0 Å². The molecule has 0 radical (unpaired) electrons. The SMILES string of the molecule is O=C(CCC(=O)Oc1c(F)c(F)c(S(=O)(=O)O)c(F)c1F)Oc1c(I)cc(I)cc1I. The number of ether oxygens (including phenoxy) is 2. The minimum Gasteiger partial charge on any atom is -0.424 e. The zero-order valence-corrected chi connectivity index (χ0v) is 21.8. The number of hydrogen-bond acceptors (Lipinski definition) is 6. The first-order valence-corrected chi connectivity index (χ1v) is 12.3. The van der Waals surface area contributed by atoms with Crippen molar-refractivity contribution in [2.45, 2.75) is 17.7 Å². The highest BCUT2D eigenvalue weighted by Crippen LogP contribution is 2.33. The van der Waals surface area contributed by atoms with Crippen molar-refractivity contribution in [1.29, 1.82) is 0 Å². The highest BCUT2D eigenvalue weighted by atomic mass is 127. The summed E-state index contributed by atoms with van der Waals surface area (Å²) in [5.74, 6) is -13.6. The number of carbonyl (C=O) groups excluding carboxylic acids is 2. The van der Waals surface area contributed by atoms with Crippen LogP contribution in [0.4, 0.5) is 17.6 Å². The van der Waals surface area contributed by atoms with Crippen molar-refractivity contribution in [1.82, 2.24) is 0 Å². The predicted molar refractivity (Wildman–Crippen MR) is 121 cm³/mol. The molecule has 0 aliphatic heterocycles. The Balaban J connectivity index is 2.13. The van der Waals surface area contributed by atoms with Gasteiger partial charge >= 0.3 is 22.1 Å². The molecule has 0 saturated carbocycles. The first kappa shape index (κ1) is 26.5. The summed E-state index contributed by atoms with van der Waals surface area (Å²) in [6.07, 6.45) is -1.38. The van der Waals surface area contributed by atoms with Crippen molar-refractivity contribution in [3.05, 3.63) is 46.1 Å². The molecular formula is C16H7F4I3O7S. The van der Waals surface area contributed by atoms with E-state index in [1.165, 1.54) is 0 Å². The largest absolute Gasteiger partial charge is 0.424 e. The monoisotopic (exact) mass is 800 g/mol. The van der Waals surface area contributed by atoms with E-state index in [2.05, 4.69) is 27.3 Å². The van der Waals surface area contributed by atoms with Crippen molar-refractivity contribution in [2.75, 3.05) is 0 Å². The molecule has 0 unspecified atom stereocenters. The second-order valence-electron chi connectivity index (χ2n) is 5.54. The van der Waals surface area contributed by atoms with E-state index in [4.69, 9.17) is 9.29 Å². The quantitative estimate of drug-likeness (QED) is 0.114. The van der Waals surface area contributed by atoms with Crippen molar-refractivity contribution in [2.24, 2.45) is 0 Å². The molecule has 7 nitrogen and oxygen atoms in total. The molecule has 0 aliphatic rings. The summed E-state index contributed by atoms with van der Waals surface area (Å²) in [6, 6.07) is 3.45. The van der Waals surface area contributed by atoms with E-state index in [1.54, 1.807) is 12.1 Å². The summed E-state index contributed by atoms with van der Waals surface area (Å²) in [4.78, 5) is 21.5. The molecule has 31 heavy (non-hydrogen) atoms. The lowest BCUT2D eigenvalue weighted by Gasteiger charge is -2.11. The fourth-order valence-corrected chi connectivity index (χ4v) is 6.50. The summed E-state index contributed by atoms with van der Waals surface area (Å²) >= 11 is 5.92. The summed E-state index contributed by atoms with van der Waals surface area (Å²) in [5, 5.41) is 0. The molecule has 0 bridgehead atoms. The average Bonchev–Trinajstić information content (AvgIpc) is 2.64. The van der Waals surface area contributed by atoms with Crippen LogP contribution in [0.25, 0.3) is 0 Å². The molecule has 2 aromatic carbocycles. The van der Waals surface area contributed by atoms with Crippen LogP contribution in [-0.2, 0) is 19.7 Å². The van der Waals surface area contributed by atoms with Crippen LogP contribution >= 0.6 is 67.8 Å². The minimum atomic E-state index is -5.65. The zero-order chi connectivity index (χ0) is 23.7. The van der Waals surface area contributed by atoms with Crippen LogP contribution in [0, 0.1) is 34.0 Å². The van der Waals surface area contributed by atoms with E-state index in [0.717, 1.165) is 3.57 Å². The summed E-state index contributed by atoms with van der Waals surface area (Å²) in [5.41, 5.74) is 0. The normalized spacial score (nSPS) is 11.4. The number of rotatable bonds is 6. The van der Waals surface area contributed by atoms with Gasteiger partial charge in [0.05, 0.1) is 20.0 Å². The van der Waals surface area contributed by atoms with Gasteiger partial charge in [-0.1, -0.05) is 0 Å². The Labute approximate surface area is 213 Å². The summed E-state index contributed by atoms with van der Waals surface area (Å²) in [7, 11) is -5.65. The smallest absolute Gasteiger partial charge is 0.311 e. The van der Waals surface area contributed by atoms with Gasteiger partial charge in [-0.25, -0.2) is 8.78 Å². The van der Waals surface area contributed by atoms with Crippen molar-refractivity contribution in [3.63, 3.8) is 0 Å². The molecular weight excluding hydrogens is 793 g/mol. The van der Waals surface area contributed by atoms with Gasteiger partial charge in [0.1, 0.15) is 0 Å². The standard InChI is InChI=1S/C16H7F4I3O7S/c17-10-12(19)16(31(26,27)28)13(20)11(18)15(10)30-9(25)2-1-8(24)29-14-6(22)3-5(21)4-7(14)23/h3-4H,1-2H2,(H,26,27,28). The maximum absolute atomic E-state index is 13.9. The topological polar surface area (TPSA) is 107 Å². The van der Waals surface area contributed by atoms with Gasteiger partial charge in [0.15, 0.2) is 22.3 Å². The molecule has 0 aromatic heterocycles. The first-order valence-electron chi connectivity index (χ1n) is 7.63. The van der Waals surface area contributed by atoms with E-state index in [0.29, 0.717) is 7.14 Å². The van der Waals surface area contributed by atoms with E-state index in [-0.39, 0.29) is 5.75 Å². The van der Waals surface area contributed by atoms with Crippen molar-refractivity contribution >= 4 is 89.8 Å². The Morgan fingerprint density at radius 3 is 1.58 bits per heavy atom. The molecule has 2 rings (SSSR count). The number of hydrogen-bond donors (Lipinski definition) is 1. The molecule has 0 amide bonds. The highest BCUT2D eigenvalue weighted by molar-refractivity contribution is 14.1. The van der Waals surface area contributed by atoms with Crippen molar-refractivity contribution in [3.8, 4) is 11.5 Å². The van der Waals surface area contributed by atoms with Crippen LogP contribution in [0.5, 0.6) is 11.5 Å². The highest BCUT2D eigenvalue weighted by Gasteiger charge is 2.34. The Morgan fingerprint density at radius 1 is 0.806 bits per heavy atom. The second-order valence-corrected chi connectivity index (χ2v) is 10.5. The second kappa shape index (κ2) is 10.4. The van der Waals surface area contributed by atoms with Gasteiger partial charge in [-0.15, -0.1) is 0 Å². The molecule has 168 valence electrons. The molecule has 1 N–H and O–H groups in total. The third kappa shape index (κ3) is 6.38. The van der Waals surface area contributed by atoms with E-state index in [9.17, 15) is 35.6 Å². The fourth-order valence-electron chi connectivity index (χ4n) is 2.07. The third-order valence-corrected chi connectivity index (χ3v) is 6.47. The van der Waals surface area contributed by atoms with Gasteiger partial charge in [0.25, 0.3) is 0 Å². The minimum absolute atomic E-state index is 0.238. The van der Waals surface area contributed by atoms with Crippen LogP contribution in [0.15, 0.2) is 17.0 Å². The predicted octanol–water partition coefficient (Wildman–Crippen LogP) is 4.59. The van der Waals surface area contributed by atoms with Gasteiger partial charge in [-0.2, -0.15) is 17.2 Å². The van der Waals surface area contributed by atoms with Gasteiger partial charge in [-0.3, -0.25) is 14.1 Å². The Morgan fingerprint density at radius 2 is 1.19 bits per heavy atom. The van der Waals surface area contributed by atoms with Crippen LogP contribution in [-0.4, -0.2) is 24.9 Å². The lowest BCUT2D eigenvalue weighted by molar-refractivity contribution is -0.140. The van der Waals surface area contributed by atoms with E-state index >= 15 is 0 Å². The average molecular weight is 800 g/mol. The van der Waals surface area contributed by atoms with Gasteiger partial charge in [-0.05, 0) is 79.9 Å². The lowest BCUT2D eigenvalue weighted by atomic mass is 10.2. The molecule has 0 spiro atoms. The van der Waals surface area contributed by atoms with Gasteiger partial charge < -0.3 is 9.47 Å². The van der Waals surface area contributed by atoms with E-state index < -0.39 is 68.8 Å². The molecule has 0 saturated heterocycles. The van der Waals surface area contributed by atoms with Crippen molar-refractivity contribution < 1.29 is 49.6 Å². The Kier molecular flexibility index (Phi) is 8.89. The number of benzene rings is 2. The molecule has 0 fully saturated rings. The lowest BCUT2D eigenvalue weighted by Crippen LogP contribution is -2.18. The van der Waals surface area contributed by atoms with Gasteiger partial charge in [0.2, 0.25) is 17.4 Å². The molecule has 0 atom stereocenters. The number of carbonyl (C=O) groups is 2. The molecule has 0 aliphatic carbocycles. The molecule has 2 aromatic rings. The Hall–Kier alpha value is -0.800. The number of halogens is 7. The summed E-state index contributed by atoms with van der Waals surface area (Å²) < 4.78 is 97.1. The van der Waals surface area contributed by atoms with E-state index in [1.807, 2.05) is 45.2 Å². The van der Waals surface area contributed by atoms with Crippen LogP contribution in [0.1, 0.15) is 12.8 Å².